The van der Waals surface area contributed by atoms with Gasteiger partial charge in [-0.15, -0.1) is 6.42 Å². The van der Waals surface area contributed by atoms with Crippen molar-refractivity contribution in [3.63, 3.8) is 0 Å². The third kappa shape index (κ3) is 2.70. The number of hydrogen-bond acceptors (Lipinski definition) is 3. The summed E-state index contributed by atoms with van der Waals surface area (Å²) in [5, 5.41) is 9.16. The van der Waals surface area contributed by atoms with E-state index in [4.69, 9.17) is 11.7 Å². The van der Waals surface area contributed by atoms with Crippen LogP contribution in [0.4, 0.5) is 5.69 Å². The lowest BCUT2D eigenvalue weighted by atomic mass is 10.1. The summed E-state index contributed by atoms with van der Waals surface area (Å²) in [4.78, 5) is 12.8. The lowest BCUT2D eigenvalue weighted by Gasteiger charge is -2.23. The van der Waals surface area contributed by atoms with Crippen molar-refractivity contribution in [2.75, 3.05) is 18.0 Å². The fourth-order valence-corrected chi connectivity index (χ4v) is 1.96. The van der Waals surface area contributed by atoms with Gasteiger partial charge in [0.2, 0.25) is 0 Å². The molecule has 1 saturated carbocycles. The van der Waals surface area contributed by atoms with Gasteiger partial charge in [0.15, 0.2) is 0 Å². The molecule has 0 atom stereocenters. The monoisotopic (exact) mass is 238 g/mol. The van der Waals surface area contributed by atoms with E-state index >= 15 is 0 Å². The van der Waals surface area contributed by atoms with Crippen LogP contribution in [-0.2, 0) is 0 Å². The highest BCUT2D eigenvalue weighted by Crippen LogP contribution is 2.32. The molecule has 0 amide bonds. The van der Waals surface area contributed by atoms with E-state index in [1.54, 1.807) is 12.1 Å². The third-order valence-electron chi connectivity index (χ3n) is 3.08. The van der Waals surface area contributed by atoms with Crippen LogP contribution >= 0.6 is 0 Å². The molecule has 3 nitrogen and oxygen atoms in total. The number of anilines is 1. The van der Waals surface area contributed by atoms with Crippen LogP contribution in [-0.4, -0.2) is 19.4 Å². The molecule has 0 unspecified atom stereocenters. The Kier molecular flexibility index (Phi) is 3.65. The first kappa shape index (κ1) is 12.2. The van der Waals surface area contributed by atoms with Crippen LogP contribution in [0.25, 0.3) is 0 Å². The summed E-state index contributed by atoms with van der Waals surface area (Å²) in [7, 11) is 0. The zero-order chi connectivity index (χ0) is 13.0. The zero-order valence-electron chi connectivity index (χ0n) is 10.1. The predicted octanol–water partition coefficient (Wildman–Crippen LogP) is 2.22. The molecule has 3 heteroatoms. The molecule has 0 heterocycles. The van der Waals surface area contributed by atoms with Crippen molar-refractivity contribution in [1.82, 2.24) is 0 Å². The van der Waals surface area contributed by atoms with E-state index in [2.05, 4.69) is 12.0 Å². The van der Waals surface area contributed by atoms with Crippen molar-refractivity contribution in [1.29, 1.82) is 5.26 Å². The van der Waals surface area contributed by atoms with Crippen LogP contribution in [0.1, 0.15) is 28.8 Å². The Hall–Kier alpha value is -2.26. The summed E-state index contributed by atoms with van der Waals surface area (Å²) in [6, 6.07) is 7.27. The fourth-order valence-electron chi connectivity index (χ4n) is 1.96. The number of nitriles is 1. The lowest BCUT2D eigenvalue weighted by Crippen LogP contribution is -2.26. The molecule has 0 bridgehead atoms. The van der Waals surface area contributed by atoms with Gasteiger partial charge in [-0.3, -0.25) is 4.79 Å². The van der Waals surface area contributed by atoms with E-state index < -0.39 is 0 Å². The van der Waals surface area contributed by atoms with Crippen LogP contribution in [0.3, 0.4) is 0 Å². The van der Waals surface area contributed by atoms with Crippen LogP contribution in [0.2, 0.25) is 0 Å². The lowest BCUT2D eigenvalue weighted by molar-refractivity contribution is 0.112. The minimum Gasteiger partial charge on any atom is -0.359 e. The molecule has 1 aromatic carbocycles. The average molecular weight is 238 g/mol. The summed E-state index contributed by atoms with van der Waals surface area (Å²) >= 11 is 0. The Bertz CT molecular complexity index is 532. The number of nitrogens with zero attached hydrogens (tertiary/aromatic N) is 2. The molecule has 2 rings (SSSR count). The van der Waals surface area contributed by atoms with Gasteiger partial charge in [0.1, 0.15) is 12.4 Å². The number of benzene rings is 1. The summed E-state index contributed by atoms with van der Waals surface area (Å²) in [6.07, 6.45) is 8.59. The molecule has 18 heavy (non-hydrogen) atoms. The Morgan fingerprint density at radius 3 is 2.83 bits per heavy atom. The first-order valence-electron chi connectivity index (χ1n) is 5.96. The molecule has 0 aliphatic heterocycles. The molecule has 0 N–H and O–H groups in total. The Morgan fingerprint density at radius 1 is 1.50 bits per heavy atom. The summed E-state index contributed by atoms with van der Waals surface area (Å²) in [5.74, 6) is 3.32. The van der Waals surface area contributed by atoms with Crippen molar-refractivity contribution in [2.24, 2.45) is 5.92 Å². The second-order valence-electron chi connectivity index (χ2n) is 4.53. The van der Waals surface area contributed by atoms with Gasteiger partial charge in [-0.2, -0.15) is 5.26 Å². The van der Waals surface area contributed by atoms with E-state index in [9.17, 15) is 4.79 Å². The molecular weight excluding hydrogens is 224 g/mol. The van der Waals surface area contributed by atoms with Crippen LogP contribution < -0.4 is 4.90 Å². The largest absolute Gasteiger partial charge is 0.359 e. The molecule has 0 spiro atoms. The number of hydrogen-bond donors (Lipinski definition) is 0. The minimum atomic E-state index is 0.492. The van der Waals surface area contributed by atoms with Gasteiger partial charge in [0, 0.05) is 12.1 Å². The van der Waals surface area contributed by atoms with Crippen molar-refractivity contribution < 1.29 is 4.79 Å². The molecule has 90 valence electrons. The quantitative estimate of drug-likeness (QED) is 0.583. The SMILES string of the molecule is C#CCN(CC1CC1)c1ccc(C=O)cc1C#N. The van der Waals surface area contributed by atoms with Crippen molar-refractivity contribution in [3.05, 3.63) is 29.3 Å². The molecule has 1 aliphatic rings. The maximum atomic E-state index is 10.7. The Morgan fingerprint density at radius 2 is 2.28 bits per heavy atom. The molecular formula is C15H14N2O. The van der Waals surface area contributed by atoms with E-state index in [1.807, 2.05) is 11.0 Å². The minimum absolute atomic E-state index is 0.492. The van der Waals surface area contributed by atoms with E-state index in [-0.39, 0.29) is 0 Å². The smallest absolute Gasteiger partial charge is 0.150 e. The number of carbonyl (C=O) groups is 1. The maximum absolute atomic E-state index is 10.7. The third-order valence-corrected chi connectivity index (χ3v) is 3.08. The second-order valence-corrected chi connectivity index (χ2v) is 4.53. The fraction of sp³-hybridized carbons (Fsp3) is 0.333. The van der Waals surface area contributed by atoms with Crippen LogP contribution in [0.15, 0.2) is 18.2 Å². The zero-order valence-corrected chi connectivity index (χ0v) is 10.1. The van der Waals surface area contributed by atoms with Crippen LogP contribution in [0.5, 0.6) is 0 Å². The van der Waals surface area contributed by atoms with Crippen molar-refractivity contribution >= 4 is 12.0 Å². The van der Waals surface area contributed by atoms with E-state index in [0.717, 1.165) is 18.5 Å². The molecule has 0 saturated heterocycles. The first-order valence-corrected chi connectivity index (χ1v) is 5.96. The number of carbonyl (C=O) groups excluding carboxylic acids is 1. The average Bonchev–Trinajstić information content (AvgIpc) is 3.21. The second kappa shape index (κ2) is 5.38. The van der Waals surface area contributed by atoms with Gasteiger partial charge in [-0.25, -0.2) is 0 Å². The van der Waals surface area contributed by atoms with Gasteiger partial charge in [-0.05, 0) is 37.0 Å². The molecule has 0 radical (unpaired) electrons. The number of aldehydes is 1. The summed E-state index contributed by atoms with van der Waals surface area (Å²) in [6.45, 7) is 1.38. The maximum Gasteiger partial charge on any atom is 0.150 e. The number of terminal acetylenes is 1. The van der Waals surface area contributed by atoms with Gasteiger partial charge in [-0.1, -0.05) is 5.92 Å². The first-order chi connectivity index (χ1) is 8.78. The molecule has 1 aliphatic carbocycles. The van der Waals surface area contributed by atoms with E-state index in [1.165, 1.54) is 12.8 Å². The van der Waals surface area contributed by atoms with Gasteiger partial charge < -0.3 is 4.90 Å². The van der Waals surface area contributed by atoms with E-state index in [0.29, 0.717) is 23.6 Å². The summed E-state index contributed by atoms with van der Waals surface area (Å²) < 4.78 is 0. The predicted molar refractivity (Wildman–Crippen MR) is 70.3 cm³/mol. The Balaban J connectivity index is 2.30. The normalized spacial score (nSPS) is 13.4. The highest BCUT2D eigenvalue weighted by Gasteiger charge is 2.25. The highest BCUT2D eigenvalue weighted by atomic mass is 16.1. The topological polar surface area (TPSA) is 44.1 Å². The van der Waals surface area contributed by atoms with Crippen LogP contribution in [0, 0.1) is 29.6 Å². The van der Waals surface area contributed by atoms with Gasteiger partial charge >= 0.3 is 0 Å². The van der Waals surface area contributed by atoms with Crippen molar-refractivity contribution in [3.8, 4) is 18.4 Å². The summed E-state index contributed by atoms with van der Waals surface area (Å²) in [5.41, 5.74) is 1.85. The van der Waals surface area contributed by atoms with Crippen molar-refractivity contribution in [2.45, 2.75) is 12.8 Å². The standard InChI is InChI=1S/C15H14N2O/c1-2-7-17(10-12-3-4-12)15-6-5-13(11-18)8-14(15)9-16/h1,5-6,8,11-12H,3-4,7,10H2. The Labute approximate surface area is 107 Å². The van der Waals surface area contributed by atoms with Gasteiger partial charge in [0.25, 0.3) is 0 Å². The van der Waals surface area contributed by atoms with Gasteiger partial charge in [0.05, 0.1) is 17.8 Å². The molecule has 0 aromatic heterocycles. The molecule has 1 aromatic rings. The highest BCUT2D eigenvalue weighted by molar-refractivity contribution is 5.78. The molecule has 1 fully saturated rings. The number of rotatable bonds is 5.